The molecule has 0 atom stereocenters. The van der Waals surface area contributed by atoms with Gasteiger partial charge >= 0.3 is 113 Å². The molecule has 0 aromatic heterocycles. The van der Waals surface area contributed by atoms with Gasteiger partial charge in [-0.2, -0.15) is 0 Å². The van der Waals surface area contributed by atoms with Crippen LogP contribution >= 0.6 is 0 Å². The molecule has 88 valence electrons. The van der Waals surface area contributed by atoms with Crippen molar-refractivity contribution in [1.29, 1.82) is 0 Å². The fourth-order valence-electron chi connectivity index (χ4n) is 1.57. The van der Waals surface area contributed by atoms with Gasteiger partial charge in [0.15, 0.2) is 0 Å². The molecule has 0 heterocycles. The quantitative estimate of drug-likeness (QED) is 0.823. The van der Waals surface area contributed by atoms with Gasteiger partial charge in [-0.3, -0.25) is 0 Å². The van der Waals surface area contributed by atoms with E-state index in [4.69, 9.17) is 0 Å². The summed E-state index contributed by atoms with van der Waals surface area (Å²) in [7, 11) is 3.92. The van der Waals surface area contributed by atoms with Crippen LogP contribution in [0.1, 0.15) is 0 Å². The van der Waals surface area contributed by atoms with Crippen LogP contribution in [0.3, 0.4) is 0 Å². The van der Waals surface area contributed by atoms with Gasteiger partial charge in [0.2, 0.25) is 0 Å². The fraction of sp³-hybridized carbons (Fsp3) is 0.143. The number of rotatable bonds is 4. The zero-order valence-corrected chi connectivity index (χ0v) is 12.4. The molecule has 2 N–H and O–H groups in total. The van der Waals surface area contributed by atoms with Crippen molar-refractivity contribution >= 4 is 39.5 Å². The van der Waals surface area contributed by atoms with E-state index < -0.39 is 0 Å². The van der Waals surface area contributed by atoms with E-state index in [-0.39, 0.29) is 20.9 Å². The molecule has 2 aromatic rings. The second-order valence-corrected chi connectivity index (χ2v) is 6.93. The summed E-state index contributed by atoms with van der Waals surface area (Å²) < 4.78 is 2.91. The molecule has 0 bridgehead atoms. The maximum atomic E-state index is 3.18. The zero-order chi connectivity index (χ0) is 12.1. The summed E-state index contributed by atoms with van der Waals surface area (Å²) in [6.45, 7) is 0. The first kappa shape index (κ1) is 12.3. The van der Waals surface area contributed by atoms with Crippen molar-refractivity contribution in [2.45, 2.75) is 0 Å². The van der Waals surface area contributed by atoms with Crippen LogP contribution in [0.2, 0.25) is 0 Å². The van der Waals surface area contributed by atoms with E-state index >= 15 is 0 Å². The third kappa shape index (κ3) is 3.39. The normalized spacial score (nSPS) is 10.0. The summed E-state index contributed by atoms with van der Waals surface area (Å²) >= 11 is -0.290. The number of hydrogen-bond donors (Lipinski definition) is 2. The van der Waals surface area contributed by atoms with Gasteiger partial charge in [0.25, 0.3) is 0 Å². The third-order valence-electron chi connectivity index (χ3n) is 2.48. The summed E-state index contributed by atoms with van der Waals surface area (Å²) in [6, 6.07) is 17.4. The molecule has 0 spiro atoms. The van der Waals surface area contributed by atoms with Gasteiger partial charge in [-0.05, 0) is 0 Å². The van der Waals surface area contributed by atoms with E-state index in [2.05, 4.69) is 59.2 Å². The Bertz CT molecular complexity index is 452. The molecule has 2 aromatic carbocycles. The molecule has 0 fully saturated rings. The zero-order valence-electron chi connectivity index (χ0n) is 10.0. The van der Waals surface area contributed by atoms with Crippen LogP contribution in [0.5, 0.6) is 0 Å². The van der Waals surface area contributed by atoms with E-state index in [1.165, 1.54) is 18.6 Å². The van der Waals surface area contributed by atoms with Crippen molar-refractivity contribution in [2.24, 2.45) is 0 Å². The molecule has 17 heavy (non-hydrogen) atoms. The van der Waals surface area contributed by atoms with Crippen molar-refractivity contribution in [2.75, 3.05) is 24.7 Å². The van der Waals surface area contributed by atoms with Crippen LogP contribution in [0.4, 0.5) is 11.4 Å². The average molecular weight is 340 g/mol. The van der Waals surface area contributed by atoms with Crippen LogP contribution in [-0.4, -0.2) is 35.0 Å². The van der Waals surface area contributed by atoms with Gasteiger partial charge < -0.3 is 0 Å². The summed E-state index contributed by atoms with van der Waals surface area (Å²) in [6.07, 6.45) is 0. The maximum absolute atomic E-state index is 3.18. The number of hydrogen-bond acceptors (Lipinski definition) is 2. The molecule has 0 amide bonds. The minimum atomic E-state index is -0.290. The van der Waals surface area contributed by atoms with Gasteiger partial charge in [-0.1, -0.05) is 0 Å². The summed E-state index contributed by atoms with van der Waals surface area (Å²) in [5.74, 6) is 0. The molecule has 0 aliphatic rings. The van der Waals surface area contributed by atoms with Crippen LogP contribution in [-0.2, 0) is 0 Å². The molecular weight excluding hydrogens is 324 g/mol. The molecule has 2 nitrogen and oxygen atoms in total. The second-order valence-electron chi connectivity index (χ2n) is 3.66. The number of nitrogens with one attached hydrogen (secondary N) is 2. The molecule has 0 aliphatic carbocycles. The van der Waals surface area contributed by atoms with Crippen LogP contribution in [0.25, 0.3) is 0 Å². The summed E-state index contributed by atoms with van der Waals surface area (Å²) in [4.78, 5) is 0. The van der Waals surface area contributed by atoms with E-state index in [0.29, 0.717) is 0 Å². The molecule has 0 unspecified atom stereocenters. The SMILES string of the molecule is CNc1cccc([Te]c2cccc(NC)c2)c1. The number of benzene rings is 2. The van der Waals surface area contributed by atoms with E-state index in [9.17, 15) is 0 Å². The predicted molar refractivity (Wildman–Crippen MR) is 77.0 cm³/mol. The molecule has 0 aliphatic heterocycles. The molecule has 2 rings (SSSR count). The van der Waals surface area contributed by atoms with Gasteiger partial charge in [-0.25, -0.2) is 0 Å². The average Bonchev–Trinajstić information content (AvgIpc) is 2.39. The predicted octanol–water partition coefficient (Wildman–Crippen LogP) is 1.42. The van der Waals surface area contributed by atoms with Crippen molar-refractivity contribution < 1.29 is 0 Å². The Morgan fingerprint density at radius 2 is 1.24 bits per heavy atom. The summed E-state index contributed by atoms with van der Waals surface area (Å²) in [5, 5.41) is 6.37. The fourth-order valence-corrected chi connectivity index (χ4v) is 4.24. The Morgan fingerprint density at radius 1 is 0.765 bits per heavy atom. The van der Waals surface area contributed by atoms with Gasteiger partial charge in [0.1, 0.15) is 0 Å². The summed E-state index contributed by atoms with van der Waals surface area (Å²) in [5.41, 5.74) is 2.38. The van der Waals surface area contributed by atoms with Crippen LogP contribution in [0, 0.1) is 0 Å². The molecule has 3 heteroatoms. The van der Waals surface area contributed by atoms with E-state index in [0.717, 1.165) is 0 Å². The topological polar surface area (TPSA) is 24.1 Å². The molecular formula is C14H16N2Te. The van der Waals surface area contributed by atoms with E-state index in [1.54, 1.807) is 0 Å². The third-order valence-corrected chi connectivity index (χ3v) is 5.28. The van der Waals surface area contributed by atoms with Crippen LogP contribution < -0.4 is 17.9 Å². The Balaban J connectivity index is 2.18. The van der Waals surface area contributed by atoms with Gasteiger partial charge in [0.05, 0.1) is 0 Å². The second kappa shape index (κ2) is 5.95. The van der Waals surface area contributed by atoms with Crippen molar-refractivity contribution in [1.82, 2.24) is 0 Å². The molecule has 0 radical (unpaired) electrons. The van der Waals surface area contributed by atoms with E-state index in [1.807, 2.05) is 14.1 Å². The first-order valence-corrected chi connectivity index (χ1v) is 7.88. The van der Waals surface area contributed by atoms with Gasteiger partial charge in [-0.15, -0.1) is 0 Å². The minimum absolute atomic E-state index is 0.290. The standard InChI is InChI=1S/C14H16N2Te/c1-15-11-5-3-7-13(9-11)17-14-8-4-6-12(10-14)16-2/h3-10,15-16H,1-2H3. The number of anilines is 2. The monoisotopic (exact) mass is 342 g/mol. The Morgan fingerprint density at radius 3 is 1.65 bits per heavy atom. The Labute approximate surface area is 113 Å². The first-order chi connectivity index (χ1) is 8.31. The van der Waals surface area contributed by atoms with Crippen LogP contribution in [0.15, 0.2) is 48.5 Å². The van der Waals surface area contributed by atoms with Crippen molar-refractivity contribution in [3.05, 3.63) is 48.5 Å². The molecule has 0 saturated carbocycles. The van der Waals surface area contributed by atoms with Crippen molar-refractivity contribution in [3.63, 3.8) is 0 Å². The Hall–Kier alpha value is -1.17. The van der Waals surface area contributed by atoms with Crippen molar-refractivity contribution in [3.8, 4) is 0 Å². The Kier molecular flexibility index (Phi) is 4.30. The first-order valence-electron chi connectivity index (χ1n) is 5.55. The molecule has 0 saturated heterocycles. The van der Waals surface area contributed by atoms with Gasteiger partial charge in [0, 0.05) is 0 Å².